The van der Waals surface area contributed by atoms with E-state index in [2.05, 4.69) is 4.90 Å². The van der Waals surface area contributed by atoms with Crippen LogP contribution in [0.1, 0.15) is 47.9 Å². The second-order valence-electron chi connectivity index (χ2n) is 11.6. The summed E-state index contributed by atoms with van der Waals surface area (Å²) in [5, 5.41) is 4.72. The molecule has 0 N–H and O–H groups in total. The maximum atomic E-state index is 14.6. The molecule has 11 heteroatoms. The van der Waals surface area contributed by atoms with Gasteiger partial charge in [-0.1, -0.05) is 30.3 Å². The molecule has 0 bridgehead atoms. The molecule has 2 amide bonds. The number of nitrogens with zero attached hydrogens (tertiary/aromatic N) is 6. The second-order valence-corrected chi connectivity index (χ2v) is 11.6. The molecule has 7 nitrogen and oxygen atoms in total. The van der Waals surface area contributed by atoms with Crippen LogP contribution >= 0.6 is 0 Å². The predicted molar refractivity (Wildman–Crippen MR) is 153 cm³/mol. The number of amides is 2. The molecule has 0 spiro atoms. The lowest BCUT2D eigenvalue weighted by Gasteiger charge is -2.43. The highest BCUT2D eigenvalue weighted by molar-refractivity contribution is 5.94. The van der Waals surface area contributed by atoms with Gasteiger partial charge in [-0.25, -0.2) is 9.18 Å². The third kappa shape index (κ3) is 5.71. The van der Waals surface area contributed by atoms with Crippen molar-refractivity contribution >= 4 is 17.5 Å². The first-order chi connectivity index (χ1) is 20.2. The van der Waals surface area contributed by atoms with E-state index in [9.17, 15) is 22.4 Å². The van der Waals surface area contributed by atoms with E-state index in [0.29, 0.717) is 50.5 Å². The number of anilines is 2. The van der Waals surface area contributed by atoms with E-state index in [1.54, 1.807) is 17.0 Å². The number of halogens is 4. The highest BCUT2D eigenvalue weighted by Crippen LogP contribution is 2.37. The molecule has 2 aromatic carbocycles. The molecule has 2 fully saturated rings. The number of likely N-dealkylation sites (tertiary alicyclic amines) is 1. The van der Waals surface area contributed by atoms with E-state index in [4.69, 9.17) is 5.10 Å². The molecule has 4 heterocycles. The Labute approximate surface area is 243 Å². The summed E-state index contributed by atoms with van der Waals surface area (Å²) in [5.41, 5.74) is 1.56. The lowest BCUT2D eigenvalue weighted by Crippen LogP contribution is -2.54. The Balaban J connectivity index is 1.26. The molecular formula is C31H36F4N6O. The third-order valence-corrected chi connectivity index (χ3v) is 8.79. The molecule has 3 aliphatic rings. The van der Waals surface area contributed by atoms with Crippen molar-refractivity contribution in [1.82, 2.24) is 19.6 Å². The molecule has 0 unspecified atom stereocenters. The van der Waals surface area contributed by atoms with Crippen LogP contribution in [0.25, 0.3) is 0 Å². The number of hydrogen-bond acceptors (Lipinski definition) is 4. The zero-order valence-corrected chi connectivity index (χ0v) is 23.8. The van der Waals surface area contributed by atoms with Crippen molar-refractivity contribution in [1.29, 1.82) is 0 Å². The van der Waals surface area contributed by atoms with Crippen molar-refractivity contribution in [3.05, 3.63) is 76.7 Å². The van der Waals surface area contributed by atoms with Crippen LogP contribution in [0, 0.1) is 12.7 Å². The number of fused-ring (bicyclic) bond motifs is 1. The van der Waals surface area contributed by atoms with Crippen LogP contribution in [0.15, 0.2) is 48.7 Å². The molecular weight excluding hydrogens is 548 g/mol. The first kappa shape index (κ1) is 28.5. The minimum atomic E-state index is -4.54. The Bertz CT molecular complexity index is 1400. The van der Waals surface area contributed by atoms with Crippen molar-refractivity contribution in [2.45, 2.75) is 64.5 Å². The van der Waals surface area contributed by atoms with Gasteiger partial charge in [0.25, 0.3) is 0 Å². The smallest absolute Gasteiger partial charge is 0.369 e. The lowest BCUT2D eigenvalue weighted by atomic mass is 10.00. The van der Waals surface area contributed by atoms with Crippen LogP contribution in [0.4, 0.5) is 33.9 Å². The fraction of sp³-hybridized carbons (Fsp3) is 0.484. The van der Waals surface area contributed by atoms with Gasteiger partial charge in [-0.15, -0.1) is 0 Å². The molecule has 1 aromatic heterocycles. The lowest BCUT2D eigenvalue weighted by molar-refractivity contribution is -0.138. The Hall–Kier alpha value is -3.60. The number of aryl methyl sites for hydroxylation is 1. The van der Waals surface area contributed by atoms with Crippen molar-refractivity contribution < 1.29 is 22.4 Å². The summed E-state index contributed by atoms with van der Waals surface area (Å²) >= 11 is 0. The summed E-state index contributed by atoms with van der Waals surface area (Å²) in [6.07, 6.45) is 1.02. The quantitative estimate of drug-likeness (QED) is 0.317. The van der Waals surface area contributed by atoms with Gasteiger partial charge < -0.3 is 14.7 Å². The van der Waals surface area contributed by atoms with Gasteiger partial charge in [-0.2, -0.15) is 18.3 Å². The van der Waals surface area contributed by atoms with Crippen LogP contribution in [0.5, 0.6) is 0 Å². The SMILES string of the molecule is Cc1cccc(F)c1N1CCC(N2Cc3cn(CCN4CCCC4)nc3N(Cc3ccccc3C(F)(F)F)C2=O)CC1. The molecule has 0 saturated carbocycles. The maximum Gasteiger partial charge on any atom is 0.416 e. The van der Waals surface area contributed by atoms with Crippen molar-refractivity contribution in [2.24, 2.45) is 0 Å². The Morgan fingerprint density at radius 1 is 0.952 bits per heavy atom. The summed E-state index contributed by atoms with van der Waals surface area (Å²) in [4.78, 5) is 21.6. The van der Waals surface area contributed by atoms with Gasteiger partial charge in [0.05, 0.1) is 30.9 Å². The number of benzene rings is 2. The molecule has 0 atom stereocenters. The van der Waals surface area contributed by atoms with E-state index in [1.807, 2.05) is 28.8 Å². The summed E-state index contributed by atoms with van der Waals surface area (Å²) in [6, 6.07) is 9.98. The first-order valence-corrected chi connectivity index (χ1v) is 14.7. The van der Waals surface area contributed by atoms with E-state index >= 15 is 0 Å². The number of hydrogen-bond donors (Lipinski definition) is 0. The molecule has 224 valence electrons. The highest BCUT2D eigenvalue weighted by Gasteiger charge is 2.40. The normalized spacial score (nSPS) is 18.7. The molecule has 3 aromatic rings. The largest absolute Gasteiger partial charge is 0.416 e. The number of para-hydroxylation sites is 1. The van der Waals surface area contributed by atoms with Crippen LogP contribution in [-0.4, -0.2) is 64.4 Å². The number of alkyl halides is 3. The number of aromatic nitrogens is 2. The summed E-state index contributed by atoms with van der Waals surface area (Å²) in [5.74, 6) is 0.164. The highest BCUT2D eigenvalue weighted by atomic mass is 19.4. The van der Waals surface area contributed by atoms with Crippen LogP contribution < -0.4 is 9.80 Å². The van der Waals surface area contributed by atoms with E-state index in [1.165, 1.54) is 35.9 Å². The number of urea groups is 1. The average molecular weight is 585 g/mol. The van der Waals surface area contributed by atoms with E-state index < -0.39 is 11.7 Å². The van der Waals surface area contributed by atoms with Gasteiger partial charge in [0, 0.05) is 37.4 Å². The molecule has 2 saturated heterocycles. The van der Waals surface area contributed by atoms with Gasteiger partial charge in [0.15, 0.2) is 5.82 Å². The Kier molecular flexibility index (Phi) is 7.87. The monoisotopic (exact) mass is 584 g/mol. The number of rotatable bonds is 7. The second kappa shape index (κ2) is 11.6. The minimum absolute atomic E-state index is 0.0302. The number of carbonyl (C=O) groups excluding carboxylic acids is 1. The third-order valence-electron chi connectivity index (χ3n) is 8.79. The number of piperidine rings is 1. The Morgan fingerprint density at radius 2 is 1.69 bits per heavy atom. The first-order valence-electron chi connectivity index (χ1n) is 14.7. The zero-order chi connectivity index (χ0) is 29.4. The predicted octanol–water partition coefficient (Wildman–Crippen LogP) is 6.06. The van der Waals surface area contributed by atoms with Gasteiger partial charge >= 0.3 is 12.2 Å². The fourth-order valence-corrected chi connectivity index (χ4v) is 6.61. The van der Waals surface area contributed by atoms with Crippen LogP contribution in [-0.2, 0) is 25.8 Å². The molecule has 0 radical (unpaired) electrons. The van der Waals surface area contributed by atoms with Crippen molar-refractivity contribution in [3.8, 4) is 0 Å². The van der Waals surface area contributed by atoms with Gasteiger partial charge in [-0.3, -0.25) is 9.58 Å². The molecule has 42 heavy (non-hydrogen) atoms. The minimum Gasteiger partial charge on any atom is -0.369 e. The molecule has 0 aliphatic carbocycles. The fourth-order valence-electron chi connectivity index (χ4n) is 6.61. The summed E-state index contributed by atoms with van der Waals surface area (Å²) < 4.78 is 58.1. The van der Waals surface area contributed by atoms with Crippen LogP contribution in [0.3, 0.4) is 0 Å². The summed E-state index contributed by atoms with van der Waals surface area (Å²) in [6.45, 7) is 6.75. The zero-order valence-electron chi connectivity index (χ0n) is 23.8. The number of carbonyl (C=O) groups is 1. The molecule has 6 rings (SSSR count). The topological polar surface area (TPSA) is 47.9 Å². The standard InChI is InChI=1S/C31H36F4N6O/c1-22-7-6-10-27(32)28(22)38-15-11-25(12-16-38)40-21-24-19-39(18-17-37-13-4-5-14-37)36-29(24)41(30(40)42)20-23-8-2-3-9-26(23)31(33,34)35/h2-3,6-10,19,25H,4-5,11-18,20-21H2,1H3. The average Bonchev–Trinajstić information content (AvgIpc) is 3.63. The van der Waals surface area contributed by atoms with Crippen molar-refractivity contribution in [3.63, 3.8) is 0 Å². The van der Waals surface area contributed by atoms with Gasteiger partial charge in [0.1, 0.15) is 5.82 Å². The maximum absolute atomic E-state index is 14.6. The van der Waals surface area contributed by atoms with Crippen LogP contribution in [0.2, 0.25) is 0 Å². The van der Waals surface area contributed by atoms with E-state index in [0.717, 1.165) is 36.8 Å². The van der Waals surface area contributed by atoms with E-state index in [-0.39, 0.29) is 30.0 Å². The Morgan fingerprint density at radius 3 is 2.40 bits per heavy atom. The summed E-state index contributed by atoms with van der Waals surface area (Å²) in [7, 11) is 0. The van der Waals surface area contributed by atoms with Gasteiger partial charge in [0.2, 0.25) is 0 Å². The van der Waals surface area contributed by atoms with Gasteiger partial charge in [-0.05, 0) is 69.0 Å². The van der Waals surface area contributed by atoms with Crippen molar-refractivity contribution in [2.75, 3.05) is 42.5 Å². The molecule has 3 aliphatic heterocycles.